The Kier molecular flexibility index (Phi) is 12.2. The number of nitrogens with one attached hydrogen (secondary N) is 1. The largest absolute Gasteiger partial charge is 0.395 e. The maximum absolute atomic E-state index is 13.3. The monoisotopic (exact) mass is 338 g/mol. The molecule has 0 bridgehead atoms. The lowest BCUT2D eigenvalue weighted by Crippen LogP contribution is -2.06. The number of unbranched alkanes of at least 4 members (excludes halogenated alkanes) is 8. The van der Waals surface area contributed by atoms with Crippen LogP contribution in [0, 0.1) is 5.82 Å². The minimum Gasteiger partial charge on any atom is -0.395 e. The fourth-order valence-corrected chi connectivity index (χ4v) is 2.68. The van der Waals surface area contributed by atoms with E-state index in [-0.39, 0.29) is 11.5 Å². The minimum absolute atomic E-state index is 0.198. The first-order chi connectivity index (χ1) is 11.8. The van der Waals surface area contributed by atoms with E-state index in [9.17, 15) is 4.39 Å². The Morgan fingerprint density at radius 1 is 0.917 bits per heavy atom. The molecule has 0 saturated heterocycles. The first-order valence-electron chi connectivity index (χ1n) is 9.61. The number of hydrogen-bond donors (Lipinski definition) is 2. The number of nitrogen functional groups attached to an aromatic ring is 1. The van der Waals surface area contributed by atoms with Crippen LogP contribution in [0.2, 0.25) is 0 Å². The predicted molar refractivity (Wildman–Crippen MR) is 102 cm³/mol. The van der Waals surface area contributed by atoms with Crippen LogP contribution in [0.25, 0.3) is 0 Å². The summed E-state index contributed by atoms with van der Waals surface area (Å²) in [5.74, 6) is -0.367. The highest BCUT2D eigenvalue weighted by atomic mass is 19.1. The van der Waals surface area contributed by atoms with Gasteiger partial charge in [0.1, 0.15) is 5.82 Å². The van der Waals surface area contributed by atoms with Crippen molar-refractivity contribution in [3.63, 3.8) is 0 Å². The van der Waals surface area contributed by atoms with Crippen molar-refractivity contribution in [3.8, 4) is 0 Å². The SMILES string of the molecule is CCCCCCCCCCOCCCCNc1cccc(F)c1N. The number of anilines is 2. The van der Waals surface area contributed by atoms with Crippen molar-refractivity contribution >= 4 is 11.4 Å². The van der Waals surface area contributed by atoms with Gasteiger partial charge in [0.2, 0.25) is 0 Å². The minimum atomic E-state index is -0.367. The van der Waals surface area contributed by atoms with E-state index < -0.39 is 0 Å². The molecular weight excluding hydrogens is 303 g/mol. The summed E-state index contributed by atoms with van der Waals surface area (Å²) in [7, 11) is 0. The molecule has 1 aromatic carbocycles. The number of para-hydroxylation sites is 1. The summed E-state index contributed by atoms with van der Waals surface area (Å²) in [6, 6.07) is 4.84. The van der Waals surface area contributed by atoms with Gasteiger partial charge in [-0.05, 0) is 31.4 Å². The molecule has 1 rings (SSSR count). The van der Waals surface area contributed by atoms with Gasteiger partial charge < -0.3 is 15.8 Å². The molecule has 0 fully saturated rings. The topological polar surface area (TPSA) is 47.3 Å². The molecule has 24 heavy (non-hydrogen) atoms. The Morgan fingerprint density at radius 3 is 2.25 bits per heavy atom. The molecule has 0 aliphatic carbocycles. The van der Waals surface area contributed by atoms with Gasteiger partial charge in [0.25, 0.3) is 0 Å². The van der Waals surface area contributed by atoms with Gasteiger partial charge in [-0.1, -0.05) is 57.9 Å². The van der Waals surface area contributed by atoms with E-state index in [0.717, 1.165) is 32.6 Å². The second kappa shape index (κ2) is 14.1. The molecule has 0 aliphatic rings. The highest BCUT2D eigenvalue weighted by molar-refractivity contribution is 5.66. The summed E-state index contributed by atoms with van der Waals surface area (Å²) in [4.78, 5) is 0. The molecule has 0 amide bonds. The molecule has 0 unspecified atom stereocenters. The fraction of sp³-hybridized carbons (Fsp3) is 0.700. The van der Waals surface area contributed by atoms with E-state index >= 15 is 0 Å². The van der Waals surface area contributed by atoms with Crippen molar-refractivity contribution in [1.82, 2.24) is 0 Å². The Hall–Kier alpha value is -1.29. The number of hydrogen-bond acceptors (Lipinski definition) is 3. The highest BCUT2D eigenvalue weighted by Gasteiger charge is 2.02. The highest BCUT2D eigenvalue weighted by Crippen LogP contribution is 2.20. The van der Waals surface area contributed by atoms with E-state index in [1.807, 2.05) is 0 Å². The molecule has 3 nitrogen and oxygen atoms in total. The third kappa shape index (κ3) is 9.76. The van der Waals surface area contributed by atoms with Gasteiger partial charge in [-0.15, -0.1) is 0 Å². The van der Waals surface area contributed by atoms with Crippen molar-refractivity contribution in [1.29, 1.82) is 0 Å². The summed E-state index contributed by atoms with van der Waals surface area (Å²) in [5.41, 5.74) is 6.55. The standard InChI is InChI=1S/C20H35FN2O/c1-2-3-4-5-6-7-8-10-16-24-17-11-9-15-23-19-14-12-13-18(21)20(19)22/h12-14,23H,2-11,15-17,22H2,1H3. The third-order valence-electron chi connectivity index (χ3n) is 4.23. The maximum Gasteiger partial charge on any atom is 0.148 e. The zero-order valence-corrected chi connectivity index (χ0v) is 15.3. The van der Waals surface area contributed by atoms with Crippen molar-refractivity contribution in [2.24, 2.45) is 0 Å². The second-order valence-electron chi connectivity index (χ2n) is 6.42. The van der Waals surface area contributed by atoms with E-state index in [0.29, 0.717) is 5.69 Å². The van der Waals surface area contributed by atoms with Gasteiger partial charge in [-0.2, -0.15) is 0 Å². The van der Waals surface area contributed by atoms with Gasteiger partial charge in [0, 0.05) is 19.8 Å². The molecule has 138 valence electrons. The molecule has 0 radical (unpaired) electrons. The quantitative estimate of drug-likeness (QED) is 0.316. The van der Waals surface area contributed by atoms with Crippen LogP contribution >= 0.6 is 0 Å². The van der Waals surface area contributed by atoms with E-state index in [4.69, 9.17) is 10.5 Å². The van der Waals surface area contributed by atoms with Crippen LogP contribution in [0.4, 0.5) is 15.8 Å². The lowest BCUT2D eigenvalue weighted by atomic mass is 10.1. The van der Waals surface area contributed by atoms with Crippen LogP contribution in [-0.2, 0) is 4.74 Å². The fourth-order valence-electron chi connectivity index (χ4n) is 2.68. The number of ether oxygens (including phenoxy) is 1. The Morgan fingerprint density at radius 2 is 1.54 bits per heavy atom. The van der Waals surface area contributed by atoms with Gasteiger partial charge in [0.05, 0.1) is 11.4 Å². The summed E-state index contributed by atoms with van der Waals surface area (Å²) in [6.07, 6.45) is 12.6. The van der Waals surface area contributed by atoms with Crippen LogP contribution in [-0.4, -0.2) is 19.8 Å². The molecule has 3 N–H and O–H groups in total. The second-order valence-corrected chi connectivity index (χ2v) is 6.42. The van der Waals surface area contributed by atoms with Crippen LogP contribution in [0.5, 0.6) is 0 Å². The van der Waals surface area contributed by atoms with Crippen LogP contribution in [0.15, 0.2) is 18.2 Å². The lowest BCUT2D eigenvalue weighted by Gasteiger charge is -2.09. The summed E-state index contributed by atoms with van der Waals surface area (Å²) in [6.45, 7) is 4.72. The zero-order chi connectivity index (χ0) is 17.5. The Balaban J connectivity index is 1.85. The molecule has 0 spiro atoms. The molecule has 0 aromatic heterocycles. The summed E-state index contributed by atoms with van der Waals surface area (Å²) in [5, 5.41) is 3.17. The summed E-state index contributed by atoms with van der Waals surface area (Å²) >= 11 is 0. The predicted octanol–water partition coefficient (Wildman–Crippen LogP) is 5.76. The number of benzene rings is 1. The van der Waals surface area contributed by atoms with Gasteiger partial charge in [0.15, 0.2) is 0 Å². The van der Waals surface area contributed by atoms with Crippen molar-refractivity contribution < 1.29 is 9.13 Å². The van der Waals surface area contributed by atoms with Crippen LogP contribution < -0.4 is 11.1 Å². The van der Waals surface area contributed by atoms with Crippen molar-refractivity contribution in [2.75, 3.05) is 30.8 Å². The van der Waals surface area contributed by atoms with E-state index in [1.54, 1.807) is 12.1 Å². The van der Waals surface area contributed by atoms with Crippen molar-refractivity contribution in [3.05, 3.63) is 24.0 Å². The smallest absolute Gasteiger partial charge is 0.148 e. The molecule has 0 saturated carbocycles. The molecule has 1 aromatic rings. The van der Waals surface area contributed by atoms with Crippen LogP contribution in [0.1, 0.15) is 71.1 Å². The molecule has 4 heteroatoms. The number of nitrogens with two attached hydrogens (primary N) is 1. The average Bonchev–Trinajstić information content (AvgIpc) is 2.58. The first kappa shape index (κ1) is 20.8. The average molecular weight is 339 g/mol. The Bertz CT molecular complexity index is 426. The van der Waals surface area contributed by atoms with Gasteiger partial charge >= 0.3 is 0 Å². The van der Waals surface area contributed by atoms with Gasteiger partial charge in [-0.25, -0.2) is 4.39 Å². The molecule has 0 aliphatic heterocycles. The van der Waals surface area contributed by atoms with Crippen LogP contribution in [0.3, 0.4) is 0 Å². The first-order valence-corrected chi connectivity index (χ1v) is 9.61. The number of rotatable bonds is 15. The lowest BCUT2D eigenvalue weighted by molar-refractivity contribution is 0.127. The Labute approximate surface area is 147 Å². The maximum atomic E-state index is 13.3. The summed E-state index contributed by atoms with van der Waals surface area (Å²) < 4.78 is 18.9. The molecule has 0 atom stereocenters. The van der Waals surface area contributed by atoms with E-state index in [1.165, 1.54) is 57.4 Å². The van der Waals surface area contributed by atoms with Crippen molar-refractivity contribution in [2.45, 2.75) is 71.1 Å². The molecular formula is C20H35FN2O. The van der Waals surface area contributed by atoms with Gasteiger partial charge in [-0.3, -0.25) is 0 Å². The number of halogens is 1. The van der Waals surface area contributed by atoms with E-state index in [2.05, 4.69) is 12.2 Å². The molecule has 0 heterocycles. The zero-order valence-electron chi connectivity index (χ0n) is 15.3. The normalized spacial score (nSPS) is 10.9. The third-order valence-corrected chi connectivity index (χ3v) is 4.23.